The number of halogens is 2. The summed E-state index contributed by atoms with van der Waals surface area (Å²) in [6, 6.07) is 3.43. The van der Waals surface area contributed by atoms with Crippen LogP contribution >= 0.6 is 0 Å². The fraction of sp³-hybridized carbons (Fsp3) is 0.526. The molecule has 3 aliphatic rings. The molecule has 0 aliphatic carbocycles. The number of nitrogen functional groups attached to an aromatic ring is 1. The van der Waals surface area contributed by atoms with Crippen molar-refractivity contribution in [2.75, 3.05) is 41.8 Å². The highest BCUT2D eigenvalue weighted by Gasteiger charge is 2.40. The summed E-state index contributed by atoms with van der Waals surface area (Å²) in [4.78, 5) is 17.3. The summed E-state index contributed by atoms with van der Waals surface area (Å²) in [5, 5.41) is 0. The number of alkyl halides is 1. The molecule has 5 rings (SSSR count). The predicted molar refractivity (Wildman–Crippen MR) is 101 cm³/mol. The average Bonchev–Trinajstić information content (AvgIpc) is 3.39. The number of pyridine rings is 1. The standard InChI is InChI=1S/C19H22F2N6O/c1-19(21)2-3-26(10-19)18-24-15(11-4-14(20)17(22)23-7-11)6-16(25-18)27-8-13-5-12(27)9-28-13/h4,6-7,12-13H,2-3,5,8-10H2,1H3,(H2,22,23). The summed E-state index contributed by atoms with van der Waals surface area (Å²) in [6.07, 6.45) is 3.11. The number of anilines is 3. The normalized spacial score (nSPS) is 29.1. The lowest BCUT2D eigenvalue weighted by Crippen LogP contribution is -2.38. The molecular weight excluding hydrogens is 366 g/mol. The molecule has 3 atom stereocenters. The molecule has 28 heavy (non-hydrogen) atoms. The predicted octanol–water partition coefficient (Wildman–Crippen LogP) is 2.18. The number of rotatable bonds is 3. The van der Waals surface area contributed by atoms with Crippen molar-refractivity contribution < 1.29 is 13.5 Å². The number of aromatic nitrogens is 3. The van der Waals surface area contributed by atoms with Crippen LogP contribution < -0.4 is 15.5 Å². The van der Waals surface area contributed by atoms with Gasteiger partial charge in [-0.25, -0.2) is 18.7 Å². The Morgan fingerprint density at radius 1 is 1.32 bits per heavy atom. The number of nitrogens with two attached hydrogens (primary N) is 1. The van der Waals surface area contributed by atoms with Crippen LogP contribution in [0.5, 0.6) is 0 Å². The van der Waals surface area contributed by atoms with Gasteiger partial charge in [0.15, 0.2) is 11.6 Å². The van der Waals surface area contributed by atoms with Crippen molar-refractivity contribution >= 4 is 17.6 Å². The average molecular weight is 388 g/mol. The van der Waals surface area contributed by atoms with E-state index in [0.717, 1.165) is 18.8 Å². The van der Waals surface area contributed by atoms with Gasteiger partial charge in [-0.05, 0) is 19.4 Å². The second kappa shape index (κ2) is 6.23. The summed E-state index contributed by atoms with van der Waals surface area (Å²) < 4.78 is 34.1. The number of morpholine rings is 1. The second-order valence-electron chi connectivity index (χ2n) is 8.08. The van der Waals surface area contributed by atoms with E-state index in [0.29, 0.717) is 36.8 Å². The van der Waals surface area contributed by atoms with Crippen LogP contribution in [0.25, 0.3) is 11.3 Å². The molecule has 3 aliphatic heterocycles. The molecule has 5 heterocycles. The van der Waals surface area contributed by atoms with E-state index in [-0.39, 0.29) is 24.5 Å². The maximum absolute atomic E-state index is 14.4. The lowest BCUT2D eigenvalue weighted by atomic mass is 10.1. The number of hydrogen-bond donors (Lipinski definition) is 1. The van der Waals surface area contributed by atoms with E-state index >= 15 is 0 Å². The van der Waals surface area contributed by atoms with Gasteiger partial charge in [-0.1, -0.05) is 0 Å². The maximum Gasteiger partial charge on any atom is 0.227 e. The fourth-order valence-corrected chi connectivity index (χ4v) is 4.22. The third kappa shape index (κ3) is 3.03. The van der Waals surface area contributed by atoms with Crippen LogP contribution in [0.1, 0.15) is 19.8 Å². The monoisotopic (exact) mass is 388 g/mol. The summed E-state index contributed by atoms with van der Waals surface area (Å²) in [5.74, 6) is 0.459. The Labute approximate surface area is 161 Å². The Bertz CT molecular complexity index is 923. The van der Waals surface area contributed by atoms with Crippen LogP contribution in [0.3, 0.4) is 0 Å². The van der Waals surface area contributed by atoms with Crippen LogP contribution in [-0.2, 0) is 4.74 Å². The molecule has 2 aromatic rings. The SMILES string of the molecule is CC1(F)CCN(c2nc(-c3cnc(N)c(F)c3)cc(N3CC4CC3CO4)n2)C1. The summed E-state index contributed by atoms with van der Waals surface area (Å²) in [7, 11) is 0. The molecule has 9 heteroatoms. The summed E-state index contributed by atoms with van der Waals surface area (Å²) >= 11 is 0. The molecule has 3 fully saturated rings. The van der Waals surface area contributed by atoms with E-state index < -0.39 is 11.5 Å². The van der Waals surface area contributed by atoms with Gasteiger partial charge in [0.2, 0.25) is 5.95 Å². The number of fused-ring (bicyclic) bond motifs is 2. The highest BCUT2D eigenvalue weighted by Crippen LogP contribution is 2.35. The van der Waals surface area contributed by atoms with Crippen LogP contribution in [-0.4, -0.2) is 59.0 Å². The van der Waals surface area contributed by atoms with E-state index in [4.69, 9.17) is 15.5 Å². The lowest BCUT2D eigenvalue weighted by molar-refractivity contribution is 0.0989. The Balaban J connectivity index is 1.57. The molecule has 3 saturated heterocycles. The molecule has 2 N–H and O–H groups in total. The number of nitrogens with zero attached hydrogens (tertiary/aromatic N) is 5. The van der Waals surface area contributed by atoms with Crippen LogP contribution in [0.4, 0.5) is 26.4 Å². The van der Waals surface area contributed by atoms with Gasteiger partial charge in [-0.15, -0.1) is 0 Å². The van der Waals surface area contributed by atoms with Crippen molar-refractivity contribution in [3.8, 4) is 11.3 Å². The van der Waals surface area contributed by atoms with E-state index in [9.17, 15) is 8.78 Å². The molecule has 3 unspecified atom stereocenters. The summed E-state index contributed by atoms with van der Waals surface area (Å²) in [6.45, 7) is 3.80. The smallest absolute Gasteiger partial charge is 0.227 e. The molecular formula is C19H22F2N6O. The van der Waals surface area contributed by atoms with Crippen molar-refractivity contribution in [1.82, 2.24) is 15.0 Å². The first kappa shape index (κ1) is 17.5. The zero-order valence-corrected chi connectivity index (χ0v) is 15.6. The molecule has 0 spiro atoms. The highest BCUT2D eigenvalue weighted by molar-refractivity contribution is 5.66. The zero-order chi connectivity index (χ0) is 19.5. The van der Waals surface area contributed by atoms with E-state index in [1.165, 1.54) is 12.3 Å². The van der Waals surface area contributed by atoms with Crippen molar-refractivity contribution in [3.05, 3.63) is 24.1 Å². The quantitative estimate of drug-likeness (QED) is 0.863. The number of hydrogen-bond acceptors (Lipinski definition) is 7. The van der Waals surface area contributed by atoms with Gasteiger partial charge in [0.25, 0.3) is 0 Å². The van der Waals surface area contributed by atoms with E-state index in [2.05, 4.69) is 14.9 Å². The zero-order valence-electron chi connectivity index (χ0n) is 15.6. The molecule has 148 valence electrons. The molecule has 0 radical (unpaired) electrons. The van der Waals surface area contributed by atoms with E-state index in [1.54, 1.807) is 6.92 Å². The van der Waals surface area contributed by atoms with Gasteiger partial charge in [0, 0.05) is 37.3 Å². The third-order valence-corrected chi connectivity index (χ3v) is 5.77. The van der Waals surface area contributed by atoms with Crippen LogP contribution in [0.2, 0.25) is 0 Å². The first-order valence-corrected chi connectivity index (χ1v) is 9.50. The fourth-order valence-electron chi connectivity index (χ4n) is 4.22. The van der Waals surface area contributed by atoms with Gasteiger partial charge in [-0.2, -0.15) is 4.98 Å². The minimum atomic E-state index is -1.27. The Hall–Kier alpha value is -2.55. The minimum absolute atomic E-state index is 0.153. The Kier molecular flexibility index (Phi) is 3.90. The van der Waals surface area contributed by atoms with Crippen molar-refractivity contribution in [3.63, 3.8) is 0 Å². The summed E-state index contributed by atoms with van der Waals surface area (Å²) in [5.41, 5.74) is 5.29. The largest absolute Gasteiger partial charge is 0.381 e. The third-order valence-electron chi connectivity index (χ3n) is 5.77. The second-order valence-corrected chi connectivity index (χ2v) is 8.08. The topological polar surface area (TPSA) is 80.4 Å². The van der Waals surface area contributed by atoms with Gasteiger partial charge < -0.3 is 20.3 Å². The van der Waals surface area contributed by atoms with Gasteiger partial charge in [0.1, 0.15) is 11.5 Å². The van der Waals surface area contributed by atoms with E-state index in [1.807, 2.05) is 11.0 Å². The van der Waals surface area contributed by atoms with Crippen molar-refractivity contribution in [2.24, 2.45) is 0 Å². The van der Waals surface area contributed by atoms with Gasteiger partial charge in [-0.3, -0.25) is 0 Å². The number of ether oxygens (including phenoxy) is 1. The maximum atomic E-state index is 14.4. The molecule has 2 aromatic heterocycles. The Morgan fingerprint density at radius 3 is 2.82 bits per heavy atom. The lowest BCUT2D eigenvalue weighted by Gasteiger charge is -2.29. The first-order chi connectivity index (χ1) is 13.4. The van der Waals surface area contributed by atoms with Crippen molar-refractivity contribution in [1.29, 1.82) is 0 Å². The van der Waals surface area contributed by atoms with Gasteiger partial charge >= 0.3 is 0 Å². The molecule has 0 saturated carbocycles. The first-order valence-electron chi connectivity index (χ1n) is 9.50. The van der Waals surface area contributed by atoms with Crippen molar-refractivity contribution in [2.45, 2.75) is 37.6 Å². The Morgan fingerprint density at radius 2 is 2.18 bits per heavy atom. The van der Waals surface area contributed by atoms with Gasteiger partial charge in [0.05, 0.1) is 31.0 Å². The molecule has 0 amide bonds. The molecule has 2 bridgehead atoms. The van der Waals surface area contributed by atoms with Crippen LogP contribution in [0.15, 0.2) is 18.3 Å². The highest BCUT2D eigenvalue weighted by atomic mass is 19.1. The molecule has 7 nitrogen and oxygen atoms in total. The van der Waals surface area contributed by atoms with Crippen LogP contribution in [0, 0.1) is 5.82 Å². The molecule has 0 aromatic carbocycles. The minimum Gasteiger partial charge on any atom is -0.381 e.